The van der Waals surface area contributed by atoms with Crippen LogP contribution in [0.25, 0.3) is 0 Å². The second-order valence-corrected chi connectivity index (χ2v) is 6.11. The first-order valence-electron chi connectivity index (χ1n) is 7.02. The monoisotopic (exact) mass is 305 g/mol. The van der Waals surface area contributed by atoms with Crippen LogP contribution in [-0.4, -0.2) is 51.0 Å². The fourth-order valence-corrected chi connectivity index (χ4v) is 2.35. The molecule has 0 aliphatic carbocycles. The van der Waals surface area contributed by atoms with Gasteiger partial charge in [0.1, 0.15) is 0 Å². The molecule has 1 heterocycles. The van der Waals surface area contributed by atoms with Gasteiger partial charge in [-0.15, -0.1) is 0 Å². The van der Waals surface area contributed by atoms with Crippen molar-refractivity contribution in [2.45, 2.75) is 60.3 Å². The molecule has 0 atom stereocenters. The van der Waals surface area contributed by atoms with Crippen LogP contribution >= 0.6 is 0 Å². The number of hydrogen-bond donors (Lipinski definition) is 0. The first-order valence-corrected chi connectivity index (χ1v) is 7.59. The number of nitrogens with zero attached hydrogens (tertiary/aromatic N) is 1. The highest BCUT2D eigenvalue weighted by atomic mass is 27.0. The van der Waals surface area contributed by atoms with Crippen molar-refractivity contribution in [3.05, 3.63) is 12.2 Å². The van der Waals surface area contributed by atoms with E-state index in [1.54, 1.807) is 13.8 Å². The Morgan fingerprint density at radius 1 is 1.10 bits per heavy atom. The zero-order valence-electron chi connectivity index (χ0n) is 14.2. The highest BCUT2D eigenvalue weighted by Gasteiger charge is 2.41. The summed E-state index contributed by atoms with van der Waals surface area (Å²) in [5.74, 6) is -0.626. The van der Waals surface area contributed by atoms with Gasteiger partial charge in [0.15, 0.2) is 0 Å². The molecule has 114 valence electrons. The summed E-state index contributed by atoms with van der Waals surface area (Å²) in [6, 6.07) is 0. The summed E-state index contributed by atoms with van der Waals surface area (Å²) in [6.45, 7) is 12.7. The second-order valence-electron chi connectivity index (χ2n) is 5.58. The van der Waals surface area contributed by atoms with Gasteiger partial charge in [0, 0.05) is 27.8 Å². The van der Waals surface area contributed by atoms with Crippen LogP contribution in [0.15, 0.2) is 12.2 Å². The number of carbonyl (C=O) groups excluding carboxylic acids is 3. The van der Waals surface area contributed by atoms with Gasteiger partial charge in [-0.1, -0.05) is 34.5 Å². The Morgan fingerprint density at radius 2 is 1.43 bits per heavy atom. The van der Waals surface area contributed by atoms with Gasteiger partial charge in [0.05, 0.1) is 7.85 Å². The summed E-state index contributed by atoms with van der Waals surface area (Å²) in [6.07, 6.45) is 2.96. The maximum atomic E-state index is 11.6. The maximum Gasteiger partial charge on any atom is 0.254 e. The van der Waals surface area contributed by atoms with Crippen LogP contribution < -0.4 is 0 Å². The fourth-order valence-electron chi connectivity index (χ4n) is 2.24. The third-order valence-electron chi connectivity index (χ3n) is 2.96. The second kappa shape index (κ2) is 9.22. The zero-order valence-corrected chi connectivity index (χ0v) is 15.3. The van der Waals surface area contributed by atoms with Crippen molar-refractivity contribution in [1.82, 2.24) is 4.90 Å². The van der Waals surface area contributed by atoms with Crippen molar-refractivity contribution in [3.8, 4) is 0 Å². The van der Waals surface area contributed by atoms with Crippen molar-refractivity contribution in [2.24, 2.45) is 5.41 Å². The smallest absolute Gasteiger partial charge is 0.254 e. The highest BCUT2D eigenvalue weighted by molar-refractivity contribution is 6.58. The number of rotatable bonds is 4. The van der Waals surface area contributed by atoms with E-state index in [0.717, 1.165) is 0 Å². The van der Waals surface area contributed by atoms with Crippen LogP contribution in [0.1, 0.15) is 48.0 Å². The molecule has 0 fully saturated rings. The van der Waals surface area contributed by atoms with Gasteiger partial charge < -0.3 is 4.79 Å². The van der Waals surface area contributed by atoms with E-state index >= 15 is 0 Å². The quantitative estimate of drug-likeness (QED) is 0.590. The van der Waals surface area contributed by atoms with Crippen LogP contribution in [0.5, 0.6) is 0 Å². The minimum Gasteiger partial charge on any atom is -0.323 e. The summed E-state index contributed by atoms with van der Waals surface area (Å²) >= 11 is 2.16. The number of amides is 2. The predicted octanol–water partition coefficient (Wildman–Crippen LogP) is 2.03. The summed E-state index contributed by atoms with van der Waals surface area (Å²) in [4.78, 5) is 35.9. The Kier molecular flexibility index (Phi) is 9.85. The van der Waals surface area contributed by atoms with E-state index in [0.29, 0.717) is 6.42 Å². The third-order valence-corrected chi connectivity index (χ3v) is 3.74. The topological polar surface area (TPSA) is 54.5 Å². The van der Waals surface area contributed by atoms with Crippen LogP contribution in [0.2, 0.25) is 6.82 Å². The van der Waals surface area contributed by atoms with Crippen LogP contribution in [-0.2, 0) is 14.4 Å². The van der Waals surface area contributed by atoms with Crippen LogP contribution in [0, 0.1) is 5.41 Å². The number of hydrogen-bond acceptors (Lipinski definition) is 3. The van der Waals surface area contributed by atoms with E-state index < -0.39 is 11.0 Å². The first kappa shape index (κ1) is 22.4. The molecule has 0 aromatic heterocycles. The Balaban J connectivity index is 0. The normalized spacial score (nSPS) is 14.1. The molecule has 4 radical (unpaired) electrons. The highest BCUT2D eigenvalue weighted by Crippen LogP contribution is 2.33. The van der Waals surface area contributed by atoms with Crippen molar-refractivity contribution in [3.63, 3.8) is 0 Å². The summed E-state index contributed by atoms with van der Waals surface area (Å²) in [5, 5.41) is 0. The molecule has 0 saturated carbocycles. The molecule has 1 rings (SSSR count). The average molecular weight is 305 g/mol. The standard InChI is InChI=1S/C12H16NO3.C2H6.CH3B.Al/c1-11(2,8-14)7-12(3,4)13-9(15)5-6-10(13)16;2*1-2;/h5-6H,7H2,1-4H3;1-2H3;1H3;. The molecule has 2 amide bonds. The van der Waals surface area contributed by atoms with Crippen LogP contribution in [0.3, 0.4) is 0 Å². The van der Waals surface area contributed by atoms with E-state index in [9.17, 15) is 14.4 Å². The summed E-state index contributed by atoms with van der Waals surface area (Å²) < 4.78 is -0.0300. The molecule has 0 saturated heterocycles. The van der Waals surface area contributed by atoms with Gasteiger partial charge in [0.25, 0.3) is 11.8 Å². The molecule has 6 heteroatoms. The van der Waals surface area contributed by atoms with E-state index in [1.165, 1.54) is 23.9 Å². The Hall–Kier alpha value is -0.853. The summed E-state index contributed by atoms with van der Waals surface area (Å²) in [5.41, 5.74) is -1.26. The maximum absolute atomic E-state index is 11.6. The lowest BCUT2D eigenvalue weighted by Gasteiger charge is -2.39. The third kappa shape index (κ3) is 6.19. The summed E-state index contributed by atoms with van der Waals surface area (Å²) in [7, 11) is 4.50. The largest absolute Gasteiger partial charge is 0.323 e. The molecule has 0 bridgehead atoms. The van der Waals surface area contributed by atoms with E-state index in [-0.39, 0.29) is 16.5 Å². The van der Waals surface area contributed by atoms with Gasteiger partial charge in [-0.3, -0.25) is 14.5 Å². The molecule has 0 aromatic rings. The minimum absolute atomic E-state index is 0.0300. The molecule has 0 N–H and O–H groups in total. The van der Waals surface area contributed by atoms with Crippen molar-refractivity contribution >= 4 is 40.6 Å². The number of carbonyl (C=O) groups is 3. The molecular weight excluding hydrogens is 280 g/mol. The molecule has 1 aliphatic heterocycles. The lowest BCUT2D eigenvalue weighted by atomic mass is 9.80. The van der Waals surface area contributed by atoms with Crippen molar-refractivity contribution in [1.29, 1.82) is 0 Å². The predicted molar refractivity (Wildman–Crippen MR) is 87.2 cm³/mol. The van der Waals surface area contributed by atoms with Gasteiger partial charge in [-0.05, 0) is 20.3 Å². The van der Waals surface area contributed by atoms with Gasteiger partial charge in [0.2, 0.25) is 16.3 Å². The fraction of sp³-hybridized carbons (Fsp3) is 0.667. The molecular formula is C15H25AlBNO3. The molecule has 21 heavy (non-hydrogen) atoms. The average Bonchev–Trinajstić information content (AvgIpc) is 2.73. The minimum atomic E-state index is -0.673. The Morgan fingerprint density at radius 3 is 1.71 bits per heavy atom. The Labute approximate surface area is 138 Å². The van der Waals surface area contributed by atoms with E-state index in [2.05, 4.69) is 24.1 Å². The van der Waals surface area contributed by atoms with Gasteiger partial charge in [-0.25, -0.2) is 0 Å². The van der Waals surface area contributed by atoms with Crippen LogP contribution in [0.4, 0.5) is 0 Å². The van der Waals surface area contributed by atoms with E-state index in [4.69, 9.17) is 0 Å². The number of imide groups is 1. The van der Waals surface area contributed by atoms with E-state index in [1.807, 2.05) is 27.7 Å². The molecule has 0 unspecified atom stereocenters. The molecule has 0 spiro atoms. The lowest BCUT2D eigenvalue weighted by molar-refractivity contribution is -0.145. The van der Waals surface area contributed by atoms with Gasteiger partial charge in [-0.2, -0.15) is 0 Å². The molecule has 1 aliphatic rings. The van der Waals surface area contributed by atoms with Crippen molar-refractivity contribution in [2.75, 3.05) is 0 Å². The molecule has 4 nitrogen and oxygen atoms in total. The lowest BCUT2D eigenvalue weighted by Crippen LogP contribution is -2.51. The molecule has 0 aromatic carbocycles. The van der Waals surface area contributed by atoms with Crippen molar-refractivity contribution < 1.29 is 14.4 Å². The Bertz CT molecular complexity index is 399. The SMILES string of the molecule is CC.CC(C)(CC(C)(C)N1C(=O)C=CC1=O)[C](=O)[Al].[B]C. The zero-order chi connectivity index (χ0) is 17.4. The van der Waals surface area contributed by atoms with Gasteiger partial charge >= 0.3 is 0 Å². The first-order chi connectivity index (χ1) is 9.58.